The molecule has 0 saturated heterocycles. The van der Waals surface area contributed by atoms with Gasteiger partial charge in [0, 0.05) is 43.7 Å². The predicted molar refractivity (Wildman–Crippen MR) is 86.1 cm³/mol. The molecule has 0 aliphatic carbocycles. The zero-order chi connectivity index (χ0) is 16.5. The number of benzene rings is 1. The number of aromatic nitrogens is 4. The van der Waals surface area contributed by atoms with Crippen LogP contribution in [0.5, 0.6) is 0 Å². The van der Waals surface area contributed by atoms with Gasteiger partial charge in [0.2, 0.25) is 0 Å². The van der Waals surface area contributed by atoms with Gasteiger partial charge in [-0.1, -0.05) is 0 Å². The number of carbonyl (C=O) groups excluding carboxylic acids is 1. The van der Waals surface area contributed by atoms with Crippen molar-refractivity contribution in [1.82, 2.24) is 30.8 Å². The molecule has 0 spiro atoms. The average Bonchev–Trinajstić information content (AvgIpc) is 3.17. The zero-order valence-corrected chi connectivity index (χ0v) is 12.9. The minimum atomic E-state index is -0.303. The smallest absolute Gasteiger partial charge is 0.272 e. The van der Waals surface area contributed by atoms with Crippen molar-refractivity contribution in [2.45, 2.75) is 19.4 Å². The molecule has 1 amide bonds. The van der Waals surface area contributed by atoms with E-state index in [9.17, 15) is 9.18 Å². The molecule has 0 atom stereocenters. The Kier molecular flexibility index (Phi) is 3.73. The van der Waals surface area contributed by atoms with Gasteiger partial charge >= 0.3 is 0 Å². The maximum absolute atomic E-state index is 13.2. The average molecular weight is 328 g/mol. The zero-order valence-electron chi connectivity index (χ0n) is 12.9. The minimum Gasteiger partial charge on any atom is -0.350 e. The van der Waals surface area contributed by atoms with Crippen LogP contribution in [-0.2, 0) is 19.4 Å². The number of aromatic amines is 2. The van der Waals surface area contributed by atoms with Crippen LogP contribution in [-0.4, -0.2) is 39.2 Å². The minimum absolute atomic E-state index is 0.196. The van der Waals surface area contributed by atoms with Crippen LogP contribution >= 0.6 is 0 Å². The monoisotopic (exact) mass is 328 g/mol. The Morgan fingerprint density at radius 2 is 2.29 bits per heavy atom. The summed E-state index contributed by atoms with van der Waals surface area (Å²) in [6, 6.07) is 4.42. The largest absolute Gasteiger partial charge is 0.350 e. The molecule has 0 unspecified atom stereocenters. The Balaban J connectivity index is 1.39. The molecule has 1 aromatic carbocycles. The van der Waals surface area contributed by atoms with E-state index in [0.717, 1.165) is 24.2 Å². The second-order valence-corrected chi connectivity index (χ2v) is 5.81. The van der Waals surface area contributed by atoms with Gasteiger partial charge < -0.3 is 15.6 Å². The Hall–Kier alpha value is -2.74. The van der Waals surface area contributed by atoms with Crippen molar-refractivity contribution >= 4 is 16.9 Å². The molecule has 0 radical (unpaired) electrons. The van der Waals surface area contributed by atoms with E-state index in [1.807, 2.05) is 0 Å². The number of hydrogen-bond donors (Lipinski definition) is 4. The number of halogens is 1. The first-order chi connectivity index (χ1) is 11.7. The molecule has 3 heterocycles. The van der Waals surface area contributed by atoms with Gasteiger partial charge in [0.25, 0.3) is 5.91 Å². The molecule has 1 aliphatic heterocycles. The highest BCUT2D eigenvalue weighted by Gasteiger charge is 2.21. The number of imidazole rings is 1. The highest BCUT2D eigenvalue weighted by Crippen LogP contribution is 2.15. The van der Waals surface area contributed by atoms with E-state index in [2.05, 4.69) is 30.8 Å². The van der Waals surface area contributed by atoms with Crippen LogP contribution in [0.3, 0.4) is 0 Å². The first-order valence-corrected chi connectivity index (χ1v) is 7.90. The summed E-state index contributed by atoms with van der Waals surface area (Å²) in [7, 11) is 0. The van der Waals surface area contributed by atoms with Crippen molar-refractivity contribution < 1.29 is 9.18 Å². The maximum Gasteiger partial charge on any atom is 0.272 e. The van der Waals surface area contributed by atoms with E-state index in [4.69, 9.17) is 0 Å². The second-order valence-electron chi connectivity index (χ2n) is 5.81. The molecule has 24 heavy (non-hydrogen) atoms. The van der Waals surface area contributed by atoms with Crippen molar-refractivity contribution in [3.63, 3.8) is 0 Å². The number of amides is 1. The van der Waals surface area contributed by atoms with Gasteiger partial charge in [0.1, 0.15) is 11.6 Å². The summed E-state index contributed by atoms with van der Waals surface area (Å²) in [5.41, 5.74) is 3.79. The van der Waals surface area contributed by atoms with E-state index in [0.29, 0.717) is 42.1 Å². The molecule has 3 aromatic rings. The lowest BCUT2D eigenvalue weighted by Gasteiger charge is -2.12. The number of nitrogens with one attached hydrogen (secondary N) is 4. The van der Waals surface area contributed by atoms with Crippen LogP contribution in [0.4, 0.5) is 4.39 Å². The van der Waals surface area contributed by atoms with Gasteiger partial charge in [-0.15, -0.1) is 0 Å². The standard InChI is InChI=1S/C16H17FN6O/c17-9-1-2-12-13(7-9)21-14(20-12)4-6-19-16(24)15-10-8-18-5-3-11(10)22-23-15/h1-2,7,18H,3-6,8H2,(H,19,24)(H,20,21)(H,22,23). The molecule has 124 valence electrons. The van der Waals surface area contributed by atoms with Crippen molar-refractivity contribution in [2.75, 3.05) is 13.1 Å². The van der Waals surface area contributed by atoms with Crippen LogP contribution in [0.2, 0.25) is 0 Å². The third kappa shape index (κ3) is 2.76. The van der Waals surface area contributed by atoms with Gasteiger partial charge in [-0.25, -0.2) is 9.37 Å². The summed E-state index contributed by atoms with van der Waals surface area (Å²) < 4.78 is 13.2. The number of nitrogens with zero attached hydrogens (tertiary/aromatic N) is 2. The molecule has 4 N–H and O–H groups in total. The van der Waals surface area contributed by atoms with Gasteiger partial charge in [-0.05, 0) is 18.2 Å². The highest BCUT2D eigenvalue weighted by atomic mass is 19.1. The lowest BCUT2D eigenvalue weighted by atomic mass is 10.1. The maximum atomic E-state index is 13.2. The van der Waals surface area contributed by atoms with E-state index in [1.165, 1.54) is 12.1 Å². The van der Waals surface area contributed by atoms with Crippen molar-refractivity contribution in [3.05, 3.63) is 46.8 Å². The van der Waals surface area contributed by atoms with E-state index in [-0.39, 0.29) is 11.7 Å². The summed E-state index contributed by atoms with van der Waals surface area (Å²) in [4.78, 5) is 19.7. The molecular weight excluding hydrogens is 311 g/mol. The summed E-state index contributed by atoms with van der Waals surface area (Å²) in [5.74, 6) is 0.211. The fourth-order valence-corrected chi connectivity index (χ4v) is 2.94. The summed E-state index contributed by atoms with van der Waals surface area (Å²) >= 11 is 0. The molecule has 0 bridgehead atoms. The van der Waals surface area contributed by atoms with Crippen molar-refractivity contribution in [3.8, 4) is 0 Å². The fraction of sp³-hybridized carbons (Fsp3) is 0.312. The van der Waals surface area contributed by atoms with E-state index < -0.39 is 0 Å². The first kappa shape index (κ1) is 14.8. The summed E-state index contributed by atoms with van der Waals surface area (Å²) in [5, 5.41) is 13.2. The lowest BCUT2D eigenvalue weighted by Crippen LogP contribution is -2.29. The van der Waals surface area contributed by atoms with E-state index >= 15 is 0 Å². The normalized spacial score (nSPS) is 13.9. The highest BCUT2D eigenvalue weighted by molar-refractivity contribution is 5.94. The summed E-state index contributed by atoms with van der Waals surface area (Å²) in [6.45, 7) is 1.98. The van der Waals surface area contributed by atoms with Crippen LogP contribution in [0.1, 0.15) is 27.6 Å². The predicted octanol–water partition coefficient (Wildman–Crippen LogP) is 1.04. The molecule has 2 aromatic heterocycles. The van der Waals surface area contributed by atoms with Crippen LogP contribution in [0.15, 0.2) is 18.2 Å². The third-order valence-corrected chi connectivity index (χ3v) is 4.16. The van der Waals surface area contributed by atoms with Gasteiger partial charge in [0.05, 0.1) is 11.0 Å². The van der Waals surface area contributed by atoms with Crippen molar-refractivity contribution in [1.29, 1.82) is 0 Å². The van der Waals surface area contributed by atoms with Gasteiger partial charge in [-0.2, -0.15) is 5.10 Å². The van der Waals surface area contributed by atoms with Crippen LogP contribution in [0.25, 0.3) is 11.0 Å². The first-order valence-electron chi connectivity index (χ1n) is 7.90. The Labute approximate surface area is 137 Å². The summed E-state index contributed by atoms with van der Waals surface area (Å²) in [6.07, 6.45) is 1.39. The molecular formula is C16H17FN6O. The number of fused-ring (bicyclic) bond motifs is 2. The molecule has 4 rings (SSSR count). The SMILES string of the molecule is O=C(NCCc1nc2ccc(F)cc2[nH]1)c1n[nH]c2c1CNCC2. The number of carbonyl (C=O) groups is 1. The second kappa shape index (κ2) is 6.04. The number of rotatable bonds is 4. The van der Waals surface area contributed by atoms with E-state index in [1.54, 1.807) is 6.07 Å². The molecule has 0 fully saturated rings. The molecule has 0 saturated carbocycles. The Bertz CT molecular complexity index is 899. The van der Waals surface area contributed by atoms with Crippen molar-refractivity contribution in [2.24, 2.45) is 0 Å². The molecule has 8 heteroatoms. The van der Waals surface area contributed by atoms with Crippen LogP contribution in [0, 0.1) is 5.82 Å². The fourth-order valence-electron chi connectivity index (χ4n) is 2.94. The molecule has 7 nitrogen and oxygen atoms in total. The molecule has 1 aliphatic rings. The van der Waals surface area contributed by atoms with Gasteiger partial charge in [-0.3, -0.25) is 9.89 Å². The quantitative estimate of drug-likeness (QED) is 0.575. The Morgan fingerprint density at radius 3 is 3.21 bits per heavy atom. The lowest BCUT2D eigenvalue weighted by molar-refractivity contribution is 0.0948. The Morgan fingerprint density at radius 1 is 1.38 bits per heavy atom. The van der Waals surface area contributed by atoms with Gasteiger partial charge in [0.15, 0.2) is 5.69 Å². The van der Waals surface area contributed by atoms with Crippen LogP contribution < -0.4 is 10.6 Å². The number of hydrogen-bond acceptors (Lipinski definition) is 4. The third-order valence-electron chi connectivity index (χ3n) is 4.16. The topological polar surface area (TPSA) is 98.5 Å². The number of H-pyrrole nitrogens is 2.